The first kappa shape index (κ1) is 12.3. The van der Waals surface area contributed by atoms with Gasteiger partial charge in [-0.15, -0.1) is 0 Å². The zero-order valence-corrected chi connectivity index (χ0v) is 11.4. The summed E-state index contributed by atoms with van der Waals surface area (Å²) in [4.78, 5) is 16.4. The Morgan fingerprint density at radius 1 is 1.53 bits per heavy atom. The van der Waals surface area contributed by atoms with E-state index in [-0.39, 0.29) is 5.78 Å². The number of alkyl halides is 1. The summed E-state index contributed by atoms with van der Waals surface area (Å²) >= 11 is 3.22. The lowest BCUT2D eigenvalue weighted by molar-refractivity contribution is 0.101. The van der Waals surface area contributed by atoms with Gasteiger partial charge in [-0.3, -0.25) is 4.79 Å². The average molecular weight is 295 g/mol. The van der Waals surface area contributed by atoms with Gasteiger partial charge in [0.2, 0.25) is 0 Å². The number of hydrogen-bond donors (Lipinski definition) is 0. The molecule has 1 aliphatic rings. The summed E-state index contributed by atoms with van der Waals surface area (Å²) in [5.74, 6) is 1.06. The zero-order valence-electron chi connectivity index (χ0n) is 9.82. The fourth-order valence-corrected chi connectivity index (χ4v) is 2.29. The van der Waals surface area contributed by atoms with Crippen molar-refractivity contribution in [3.63, 3.8) is 0 Å². The number of fused-ring (bicyclic) bond motifs is 1. The third-order valence-electron chi connectivity index (χ3n) is 2.80. The van der Waals surface area contributed by atoms with Crippen molar-refractivity contribution < 1.29 is 4.79 Å². The Morgan fingerprint density at radius 2 is 2.35 bits per heavy atom. The van der Waals surface area contributed by atoms with Crippen LogP contribution in [0.3, 0.4) is 0 Å². The van der Waals surface area contributed by atoms with Gasteiger partial charge in [-0.25, -0.2) is 4.98 Å². The molecule has 0 fully saturated rings. The topological polar surface area (TPSA) is 34.9 Å². The first-order valence-corrected chi connectivity index (χ1v) is 6.86. The highest BCUT2D eigenvalue weighted by Gasteiger charge is 2.18. The van der Waals surface area contributed by atoms with Gasteiger partial charge in [0.15, 0.2) is 5.78 Å². The summed E-state index contributed by atoms with van der Waals surface area (Å²) in [6, 6.07) is 0. The highest BCUT2D eigenvalue weighted by molar-refractivity contribution is 9.09. The molecule has 0 saturated carbocycles. The van der Waals surface area contributed by atoms with Gasteiger partial charge in [0.05, 0.1) is 11.0 Å². The molecule has 0 unspecified atom stereocenters. The number of carbonyl (C=O) groups is 1. The summed E-state index contributed by atoms with van der Waals surface area (Å²) < 4.78 is 1.93. The number of Topliss-reactive ketones (excluding diaryl/α,β-unsaturated/α-hetero) is 1. The van der Waals surface area contributed by atoms with Crippen molar-refractivity contribution >= 4 is 27.9 Å². The largest absolute Gasteiger partial charge is 0.300 e. The molecule has 0 N–H and O–H groups in total. The minimum absolute atomic E-state index is 0.0779. The van der Waals surface area contributed by atoms with E-state index in [1.165, 1.54) is 0 Å². The van der Waals surface area contributed by atoms with Gasteiger partial charge in [0.25, 0.3) is 0 Å². The number of aromatic nitrogens is 2. The van der Waals surface area contributed by atoms with Gasteiger partial charge >= 0.3 is 0 Å². The van der Waals surface area contributed by atoms with Crippen LogP contribution in [0.1, 0.15) is 34.8 Å². The maximum Gasteiger partial charge on any atom is 0.191 e. The molecule has 0 spiro atoms. The maximum absolute atomic E-state index is 11.9. The number of carbonyl (C=O) groups excluding carboxylic acids is 1. The Balaban J connectivity index is 2.50. The zero-order chi connectivity index (χ0) is 12.3. The van der Waals surface area contributed by atoms with Crippen LogP contribution < -0.4 is 0 Å². The van der Waals surface area contributed by atoms with Crippen molar-refractivity contribution in [2.24, 2.45) is 0 Å². The van der Waals surface area contributed by atoms with Crippen LogP contribution in [0.15, 0.2) is 18.2 Å². The van der Waals surface area contributed by atoms with Crippen LogP contribution in [-0.2, 0) is 6.42 Å². The second-order valence-corrected chi connectivity index (χ2v) is 4.61. The number of aryl methyl sites for hydroxylation is 2. The molecule has 0 saturated heterocycles. The third-order valence-corrected chi connectivity index (χ3v) is 3.31. The summed E-state index contributed by atoms with van der Waals surface area (Å²) in [5, 5.41) is 0.336. The molecule has 0 amide bonds. The first-order chi connectivity index (χ1) is 8.24. The van der Waals surface area contributed by atoms with Crippen LogP contribution in [0.4, 0.5) is 0 Å². The van der Waals surface area contributed by atoms with Crippen LogP contribution in [-0.4, -0.2) is 20.7 Å². The number of hydrogen-bond acceptors (Lipinski definition) is 2. The molecule has 0 atom stereocenters. The Hall–Kier alpha value is -1.16. The predicted octanol–water partition coefficient (Wildman–Crippen LogP) is 3.13. The molecule has 4 heteroatoms. The standard InChI is InChI=1S/C13H15BrN2O/c1-10-13(11(17)9-14)16-8-6-4-2-3-5-7-12(16)15-10/h2,4,6,8H,3,5,7,9H2,1H3/b4-2+,8-6-. The molecule has 0 aliphatic carbocycles. The van der Waals surface area contributed by atoms with Gasteiger partial charge in [-0.2, -0.15) is 0 Å². The van der Waals surface area contributed by atoms with Crippen molar-refractivity contribution in [1.29, 1.82) is 0 Å². The van der Waals surface area contributed by atoms with Crippen molar-refractivity contribution in [2.75, 3.05) is 5.33 Å². The maximum atomic E-state index is 11.9. The Morgan fingerprint density at radius 3 is 3.12 bits per heavy atom. The monoisotopic (exact) mass is 294 g/mol. The number of ketones is 1. The first-order valence-electron chi connectivity index (χ1n) is 5.74. The van der Waals surface area contributed by atoms with Gasteiger partial charge in [-0.1, -0.05) is 28.1 Å². The molecule has 1 aromatic heterocycles. The van der Waals surface area contributed by atoms with Crippen LogP contribution in [0, 0.1) is 6.92 Å². The van der Waals surface area contributed by atoms with Crippen LogP contribution in [0.5, 0.6) is 0 Å². The van der Waals surface area contributed by atoms with E-state index in [9.17, 15) is 4.79 Å². The second-order valence-electron chi connectivity index (χ2n) is 4.05. The summed E-state index contributed by atoms with van der Waals surface area (Å²) in [6.45, 7) is 1.89. The Kier molecular flexibility index (Phi) is 3.94. The minimum Gasteiger partial charge on any atom is -0.300 e. The lowest BCUT2D eigenvalue weighted by Gasteiger charge is -2.04. The van der Waals surface area contributed by atoms with E-state index in [0.29, 0.717) is 11.0 Å². The molecular formula is C13H15BrN2O. The van der Waals surface area contributed by atoms with Gasteiger partial charge in [-0.05, 0) is 25.8 Å². The highest BCUT2D eigenvalue weighted by Crippen LogP contribution is 2.17. The lowest BCUT2D eigenvalue weighted by atomic mass is 10.2. The molecular weight excluding hydrogens is 280 g/mol. The quantitative estimate of drug-likeness (QED) is 0.620. The summed E-state index contributed by atoms with van der Waals surface area (Å²) in [7, 11) is 0. The normalized spacial score (nSPS) is 18.7. The van der Waals surface area contributed by atoms with Gasteiger partial charge in [0, 0.05) is 12.6 Å². The second kappa shape index (κ2) is 5.45. The molecule has 17 heavy (non-hydrogen) atoms. The number of imidazole rings is 1. The van der Waals surface area contributed by atoms with E-state index < -0.39 is 0 Å². The molecule has 0 bridgehead atoms. The van der Waals surface area contributed by atoms with E-state index in [0.717, 1.165) is 30.8 Å². The van der Waals surface area contributed by atoms with E-state index in [2.05, 4.69) is 27.0 Å². The molecule has 0 aromatic carbocycles. The summed E-state index contributed by atoms with van der Waals surface area (Å²) in [6.07, 6.45) is 11.1. The number of nitrogens with zero attached hydrogens (tertiary/aromatic N) is 2. The number of halogens is 1. The molecule has 2 heterocycles. The van der Waals surface area contributed by atoms with E-state index in [1.807, 2.05) is 29.8 Å². The smallest absolute Gasteiger partial charge is 0.191 e. The van der Waals surface area contributed by atoms with Crippen molar-refractivity contribution in [3.05, 3.63) is 35.4 Å². The lowest BCUT2D eigenvalue weighted by Crippen LogP contribution is -2.09. The van der Waals surface area contributed by atoms with Crippen molar-refractivity contribution in [3.8, 4) is 0 Å². The SMILES string of the molecule is Cc1nc2n(c1C(=O)CBr)/C=C\C=C\CCC2. The average Bonchev–Trinajstić information content (AvgIpc) is 2.67. The molecule has 1 aromatic rings. The Labute approximate surface area is 109 Å². The van der Waals surface area contributed by atoms with E-state index in [4.69, 9.17) is 0 Å². The minimum atomic E-state index is 0.0779. The fourth-order valence-electron chi connectivity index (χ4n) is 2.03. The molecule has 2 rings (SSSR count). The Bertz CT molecular complexity index is 486. The summed E-state index contributed by atoms with van der Waals surface area (Å²) in [5.41, 5.74) is 1.52. The number of allylic oxidation sites excluding steroid dienone is 3. The third kappa shape index (κ3) is 2.57. The number of rotatable bonds is 2. The molecule has 1 aliphatic heterocycles. The van der Waals surface area contributed by atoms with E-state index in [1.54, 1.807) is 0 Å². The molecule has 0 radical (unpaired) electrons. The molecule has 90 valence electrons. The van der Waals surface area contributed by atoms with E-state index >= 15 is 0 Å². The predicted molar refractivity (Wildman–Crippen MR) is 72.5 cm³/mol. The van der Waals surface area contributed by atoms with Gasteiger partial charge in [0.1, 0.15) is 11.5 Å². The van der Waals surface area contributed by atoms with Crippen molar-refractivity contribution in [1.82, 2.24) is 9.55 Å². The van der Waals surface area contributed by atoms with Crippen LogP contribution >= 0.6 is 15.9 Å². The highest BCUT2D eigenvalue weighted by atomic mass is 79.9. The van der Waals surface area contributed by atoms with Gasteiger partial charge < -0.3 is 4.57 Å². The molecule has 3 nitrogen and oxygen atoms in total. The van der Waals surface area contributed by atoms with Crippen LogP contribution in [0.25, 0.3) is 6.20 Å². The van der Waals surface area contributed by atoms with Crippen LogP contribution in [0.2, 0.25) is 0 Å². The van der Waals surface area contributed by atoms with Crippen molar-refractivity contribution in [2.45, 2.75) is 26.2 Å². The fraction of sp³-hybridized carbons (Fsp3) is 0.385.